The van der Waals surface area contributed by atoms with Crippen molar-refractivity contribution in [2.24, 2.45) is 0 Å². The quantitative estimate of drug-likeness (QED) is 0.123. The van der Waals surface area contributed by atoms with E-state index in [1.807, 2.05) is 0 Å². The van der Waals surface area contributed by atoms with Crippen molar-refractivity contribution in [1.82, 2.24) is 0 Å². The summed E-state index contributed by atoms with van der Waals surface area (Å²) in [6.45, 7) is 0. The van der Waals surface area contributed by atoms with Crippen molar-refractivity contribution in [3.63, 3.8) is 0 Å². The molecule has 0 saturated heterocycles. The number of methoxy groups -OCH3 is 1. The Hall–Kier alpha value is -3.97. The van der Waals surface area contributed by atoms with Gasteiger partial charge in [0.1, 0.15) is 11.5 Å². The van der Waals surface area contributed by atoms with E-state index in [0.29, 0.717) is 11.3 Å². The van der Waals surface area contributed by atoms with Gasteiger partial charge in [0.15, 0.2) is 5.78 Å². The highest BCUT2D eigenvalue weighted by Gasteiger charge is 2.18. The first-order chi connectivity index (χ1) is 14.9. The minimum atomic E-state index is -0.839. The van der Waals surface area contributed by atoms with E-state index in [1.165, 1.54) is 49.6 Å². The van der Waals surface area contributed by atoms with Crippen LogP contribution in [0.2, 0.25) is 5.02 Å². The summed E-state index contributed by atoms with van der Waals surface area (Å²) >= 11 is 6.02. The number of nitrogens with zero attached hydrogens (tertiary/aromatic N) is 1. The fraction of sp³-hybridized carbons (Fsp3) is 0.0435. The molecule has 3 aromatic carbocycles. The lowest BCUT2D eigenvalue weighted by atomic mass is 10.1. The van der Waals surface area contributed by atoms with Gasteiger partial charge in [-0.05, 0) is 42.5 Å². The number of carbonyl (C=O) groups is 2. The molecule has 0 saturated carbocycles. The van der Waals surface area contributed by atoms with Crippen LogP contribution in [0.5, 0.6) is 11.5 Å². The summed E-state index contributed by atoms with van der Waals surface area (Å²) in [6, 6.07) is 16.5. The average molecular weight is 438 g/mol. The highest BCUT2D eigenvalue weighted by Crippen LogP contribution is 2.26. The zero-order valence-corrected chi connectivity index (χ0v) is 17.0. The number of allylic oxidation sites excluding steroid dienone is 1. The molecule has 0 N–H and O–H groups in total. The monoisotopic (exact) mass is 437 g/mol. The Balaban J connectivity index is 1.87. The summed E-state index contributed by atoms with van der Waals surface area (Å²) in [6.07, 6.45) is 2.89. The summed E-state index contributed by atoms with van der Waals surface area (Å²) in [4.78, 5) is 35.6. The van der Waals surface area contributed by atoms with E-state index >= 15 is 0 Å². The molecule has 0 fully saturated rings. The number of esters is 1. The van der Waals surface area contributed by atoms with Crippen LogP contribution >= 0.6 is 11.6 Å². The van der Waals surface area contributed by atoms with Gasteiger partial charge in [0.25, 0.3) is 5.69 Å². The Morgan fingerprint density at radius 3 is 2.52 bits per heavy atom. The molecule has 0 aromatic heterocycles. The van der Waals surface area contributed by atoms with Crippen LogP contribution in [0.3, 0.4) is 0 Å². The number of hydrogen-bond donors (Lipinski definition) is 0. The average Bonchev–Trinajstić information content (AvgIpc) is 2.78. The minimum Gasteiger partial charge on any atom is -0.496 e. The number of hydrogen-bond acceptors (Lipinski definition) is 6. The summed E-state index contributed by atoms with van der Waals surface area (Å²) in [5.74, 6) is -0.713. The van der Waals surface area contributed by atoms with E-state index in [0.717, 1.165) is 6.07 Å². The minimum absolute atomic E-state index is 0.0180. The van der Waals surface area contributed by atoms with Crippen LogP contribution in [-0.4, -0.2) is 23.8 Å². The van der Waals surface area contributed by atoms with Crippen LogP contribution in [-0.2, 0) is 0 Å². The third kappa shape index (κ3) is 5.34. The second kappa shape index (κ2) is 9.69. The second-order valence-electron chi connectivity index (χ2n) is 6.28. The van der Waals surface area contributed by atoms with E-state index in [-0.39, 0.29) is 27.6 Å². The van der Waals surface area contributed by atoms with E-state index in [4.69, 9.17) is 21.1 Å². The number of nitro groups is 1. The molecule has 0 bridgehead atoms. The third-order valence-corrected chi connectivity index (χ3v) is 4.49. The van der Waals surface area contributed by atoms with E-state index < -0.39 is 16.7 Å². The zero-order chi connectivity index (χ0) is 22.4. The van der Waals surface area contributed by atoms with Gasteiger partial charge >= 0.3 is 5.97 Å². The molecule has 0 atom stereocenters. The first-order valence-corrected chi connectivity index (χ1v) is 9.38. The summed E-state index contributed by atoms with van der Waals surface area (Å²) < 4.78 is 10.6. The maximum Gasteiger partial charge on any atom is 0.343 e. The number of ether oxygens (including phenoxy) is 2. The first kappa shape index (κ1) is 21.7. The maximum atomic E-state index is 12.8. The molecule has 0 radical (unpaired) electrons. The topological polar surface area (TPSA) is 95.7 Å². The van der Waals surface area contributed by atoms with Gasteiger partial charge in [0.05, 0.1) is 23.2 Å². The number of nitro benzene ring substituents is 1. The number of carbonyl (C=O) groups excluding carboxylic acids is 2. The standard InChI is InChI=1S/C23H16ClNO6/c1-30-21-8-3-2-5-15(21)9-11-20(26)19-14-17(24)10-12-22(19)31-23(27)16-6-4-7-18(13-16)25(28)29/h2-14H,1H3/b11-9+. The van der Waals surface area contributed by atoms with Crippen LogP contribution in [0.4, 0.5) is 5.69 Å². The third-order valence-electron chi connectivity index (χ3n) is 4.26. The summed E-state index contributed by atoms with van der Waals surface area (Å²) in [5, 5.41) is 11.2. The number of benzene rings is 3. The molecule has 0 amide bonds. The van der Waals surface area contributed by atoms with Crippen molar-refractivity contribution in [2.75, 3.05) is 7.11 Å². The number of halogens is 1. The molecule has 0 aliphatic rings. The van der Waals surface area contributed by atoms with Crippen molar-refractivity contribution < 1.29 is 24.0 Å². The predicted octanol–water partition coefficient (Wildman–Crippen LogP) is 5.37. The smallest absolute Gasteiger partial charge is 0.343 e. The molecule has 8 heteroatoms. The van der Waals surface area contributed by atoms with Crippen molar-refractivity contribution >= 4 is 35.1 Å². The lowest BCUT2D eigenvalue weighted by molar-refractivity contribution is -0.384. The lowest BCUT2D eigenvalue weighted by Gasteiger charge is -2.09. The van der Waals surface area contributed by atoms with E-state index in [2.05, 4.69) is 0 Å². The Bertz CT molecular complexity index is 1190. The molecule has 7 nitrogen and oxygen atoms in total. The maximum absolute atomic E-state index is 12.8. The Kier molecular flexibility index (Phi) is 6.79. The largest absolute Gasteiger partial charge is 0.496 e. The second-order valence-corrected chi connectivity index (χ2v) is 6.71. The van der Waals surface area contributed by atoms with Crippen LogP contribution in [0.15, 0.2) is 72.8 Å². The SMILES string of the molecule is COc1ccccc1/C=C/C(=O)c1cc(Cl)ccc1OC(=O)c1cccc([N+](=O)[O-])c1. The van der Waals surface area contributed by atoms with Crippen LogP contribution < -0.4 is 9.47 Å². The highest BCUT2D eigenvalue weighted by atomic mass is 35.5. The van der Waals surface area contributed by atoms with Gasteiger partial charge in [0.2, 0.25) is 0 Å². The Labute approximate surface area is 182 Å². The summed E-state index contributed by atoms with van der Waals surface area (Å²) in [5.41, 5.74) is 0.488. The Morgan fingerprint density at radius 2 is 1.77 bits per heavy atom. The molecular weight excluding hydrogens is 422 g/mol. The van der Waals surface area contributed by atoms with Crippen LogP contribution in [0.1, 0.15) is 26.3 Å². The fourth-order valence-corrected chi connectivity index (χ4v) is 2.92. The van der Waals surface area contributed by atoms with E-state index in [1.54, 1.807) is 30.3 Å². The Morgan fingerprint density at radius 1 is 1.00 bits per heavy atom. The molecule has 0 aliphatic carbocycles. The van der Waals surface area contributed by atoms with Gasteiger partial charge in [-0.3, -0.25) is 14.9 Å². The summed E-state index contributed by atoms with van der Waals surface area (Å²) in [7, 11) is 1.52. The van der Waals surface area contributed by atoms with Gasteiger partial charge in [-0.2, -0.15) is 0 Å². The number of rotatable bonds is 7. The molecule has 0 heterocycles. The van der Waals surface area contributed by atoms with Gasteiger partial charge in [0, 0.05) is 22.7 Å². The normalized spacial score (nSPS) is 10.6. The number of non-ortho nitro benzene ring substituents is 1. The first-order valence-electron chi connectivity index (χ1n) is 9.00. The van der Waals surface area contributed by atoms with Crippen molar-refractivity contribution in [3.05, 3.63) is 105 Å². The van der Waals surface area contributed by atoms with Gasteiger partial charge < -0.3 is 9.47 Å². The fourth-order valence-electron chi connectivity index (χ4n) is 2.75. The van der Waals surface area contributed by atoms with Crippen LogP contribution in [0.25, 0.3) is 6.08 Å². The molecular formula is C23H16ClNO6. The number of para-hydroxylation sites is 1. The van der Waals surface area contributed by atoms with E-state index in [9.17, 15) is 19.7 Å². The molecule has 156 valence electrons. The molecule has 3 aromatic rings. The molecule has 0 aliphatic heterocycles. The van der Waals surface area contributed by atoms with Crippen molar-refractivity contribution in [2.45, 2.75) is 0 Å². The van der Waals surface area contributed by atoms with Crippen molar-refractivity contribution in [3.8, 4) is 11.5 Å². The zero-order valence-electron chi connectivity index (χ0n) is 16.3. The molecule has 31 heavy (non-hydrogen) atoms. The molecule has 3 rings (SSSR count). The lowest BCUT2D eigenvalue weighted by Crippen LogP contribution is -2.11. The molecule has 0 spiro atoms. The van der Waals surface area contributed by atoms with Crippen molar-refractivity contribution in [1.29, 1.82) is 0 Å². The van der Waals surface area contributed by atoms with Gasteiger partial charge in [-0.25, -0.2) is 4.79 Å². The highest BCUT2D eigenvalue weighted by molar-refractivity contribution is 6.31. The van der Waals surface area contributed by atoms with Gasteiger partial charge in [-0.15, -0.1) is 0 Å². The molecule has 0 unspecified atom stereocenters. The predicted molar refractivity (Wildman–Crippen MR) is 116 cm³/mol. The number of ketones is 1. The van der Waals surface area contributed by atoms with Gasteiger partial charge in [-0.1, -0.05) is 35.9 Å². The van der Waals surface area contributed by atoms with Crippen LogP contribution in [0, 0.1) is 10.1 Å².